The lowest BCUT2D eigenvalue weighted by Crippen LogP contribution is -2.23. The van der Waals surface area contributed by atoms with Gasteiger partial charge in [0.2, 0.25) is 0 Å². The van der Waals surface area contributed by atoms with E-state index in [-0.39, 0.29) is 17.6 Å². The minimum Gasteiger partial charge on any atom is -0.373 e. The molecule has 2 atom stereocenters. The van der Waals surface area contributed by atoms with Crippen LogP contribution >= 0.6 is 11.6 Å². The van der Waals surface area contributed by atoms with Crippen molar-refractivity contribution in [1.82, 2.24) is 24.3 Å². The molecule has 6 rings (SSSR count). The number of pyridine rings is 1. The molecule has 0 unspecified atom stereocenters. The largest absolute Gasteiger partial charge is 0.373 e. The van der Waals surface area contributed by atoms with E-state index in [1.54, 1.807) is 26.1 Å². The third-order valence-electron chi connectivity index (χ3n) is 7.13. The minimum atomic E-state index is -0.490. The first kappa shape index (κ1) is 22.4. The van der Waals surface area contributed by atoms with Gasteiger partial charge in [-0.15, -0.1) is 0 Å². The van der Waals surface area contributed by atoms with E-state index >= 15 is 4.39 Å². The Kier molecular flexibility index (Phi) is 5.45. The predicted octanol–water partition coefficient (Wildman–Crippen LogP) is 5.26. The number of benzene rings is 1. The second kappa shape index (κ2) is 8.53. The van der Waals surface area contributed by atoms with E-state index in [4.69, 9.17) is 21.3 Å². The molecule has 7 nitrogen and oxygen atoms in total. The number of rotatable bonds is 4. The smallest absolute Gasteiger partial charge is 0.263 e. The Morgan fingerprint density at radius 1 is 1.14 bits per heavy atom. The third-order valence-corrected chi connectivity index (χ3v) is 7.36. The SMILES string of the molecule is Cc1nc2nc([C@H]3CCO[C@@H](c4cnn(C5CC5)c4)C3)cc(-c3ccc(Cl)cc3F)c2c(=O)n1C. The van der Waals surface area contributed by atoms with Gasteiger partial charge in [-0.1, -0.05) is 11.6 Å². The average Bonchev–Trinajstić information content (AvgIpc) is 3.58. The third kappa shape index (κ3) is 4.04. The van der Waals surface area contributed by atoms with Crippen molar-refractivity contribution in [2.75, 3.05) is 6.61 Å². The first-order valence-corrected chi connectivity index (χ1v) is 12.3. The molecule has 1 aliphatic carbocycles. The molecule has 0 N–H and O–H groups in total. The fourth-order valence-corrected chi connectivity index (χ4v) is 5.03. The summed E-state index contributed by atoms with van der Waals surface area (Å²) in [6.07, 6.45) is 7.73. The second-order valence-electron chi connectivity index (χ2n) is 9.51. The Labute approximate surface area is 206 Å². The van der Waals surface area contributed by atoms with Crippen LogP contribution < -0.4 is 5.56 Å². The number of ether oxygens (including phenoxy) is 1. The van der Waals surface area contributed by atoms with Crippen molar-refractivity contribution in [1.29, 1.82) is 0 Å². The van der Waals surface area contributed by atoms with Crippen LogP contribution in [-0.4, -0.2) is 30.9 Å². The zero-order chi connectivity index (χ0) is 24.3. The monoisotopic (exact) mass is 493 g/mol. The van der Waals surface area contributed by atoms with Crippen molar-refractivity contribution < 1.29 is 9.13 Å². The molecular weight excluding hydrogens is 469 g/mol. The molecule has 0 bridgehead atoms. The lowest BCUT2D eigenvalue weighted by molar-refractivity contribution is 0.00463. The maximum absolute atomic E-state index is 15.0. The summed E-state index contributed by atoms with van der Waals surface area (Å²) in [5.74, 6) is 0.130. The molecule has 4 aromatic rings. The van der Waals surface area contributed by atoms with Crippen LogP contribution in [0.3, 0.4) is 0 Å². The molecule has 1 aromatic carbocycles. The molecular formula is C26H25ClFN5O2. The van der Waals surface area contributed by atoms with E-state index in [1.807, 2.05) is 16.9 Å². The lowest BCUT2D eigenvalue weighted by atomic mass is 9.88. The standard InChI is InChI=1S/C26H25ClFN5O2/c1-14-30-25-24(26(34)32(14)2)20(19-6-3-17(27)10-21(19)28)11-22(31-25)15-7-8-35-23(9-15)16-12-29-33(13-16)18-4-5-18/h3,6,10-13,15,18,23H,4-5,7-9H2,1-2H3/t15-,23+/m0/s1. The van der Waals surface area contributed by atoms with Gasteiger partial charge in [0.1, 0.15) is 11.6 Å². The Bertz CT molecular complexity index is 1510. The van der Waals surface area contributed by atoms with Crippen LogP contribution in [0.2, 0.25) is 5.02 Å². The van der Waals surface area contributed by atoms with Crippen LogP contribution in [0.1, 0.15) is 60.8 Å². The van der Waals surface area contributed by atoms with Crippen molar-refractivity contribution in [3.05, 3.63) is 74.9 Å². The van der Waals surface area contributed by atoms with E-state index in [1.165, 1.54) is 23.5 Å². The number of hydrogen-bond acceptors (Lipinski definition) is 5. The molecule has 3 aromatic heterocycles. The van der Waals surface area contributed by atoms with Gasteiger partial charge < -0.3 is 4.74 Å². The molecule has 0 radical (unpaired) electrons. The number of nitrogens with zero attached hydrogens (tertiary/aromatic N) is 5. The molecule has 2 fully saturated rings. The average molecular weight is 494 g/mol. The molecule has 4 heterocycles. The highest BCUT2D eigenvalue weighted by molar-refractivity contribution is 6.30. The fourth-order valence-electron chi connectivity index (χ4n) is 4.87. The van der Waals surface area contributed by atoms with Crippen LogP contribution in [0.25, 0.3) is 22.2 Å². The van der Waals surface area contributed by atoms with E-state index in [0.29, 0.717) is 45.7 Å². The van der Waals surface area contributed by atoms with Gasteiger partial charge in [0.15, 0.2) is 5.65 Å². The molecule has 1 saturated heterocycles. The fraction of sp³-hybridized carbons (Fsp3) is 0.385. The van der Waals surface area contributed by atoms with Gasteiger partial charge in [-0.05, 0) is 56.9 Å². The van der Waals surface area contributed by atoms with Gasteiger partial charge in [-0.25, -0.2) is 14.4 Å². The van der Waals surface area contributed by atoms with Gasteiger partial charge >= 0.3 is 0 Å². The van der Waals surface area contributed by atoms with Gasteiger partial charge in [0.25, 0.3) is 5.56 Å². The van der Waals surface area contributed by atoms with Crippen molar-refractivity contribution in [3.63, 3.8) is 0 Å². The Balaban J connectivity index is 1.45. The quantitative estimate of drug-likeness (QED) is 0.387. The molecule has 9 heteroatoms. The first-order valence-electron chi connectivity index (χ1n) is 11.9. The summed E-state index contributed by atoms with van der Waals surface area (Å²) >= 11 is 6.00. The van der Waals surface area contributed by atoms with Crippen molar-refractivity contribution >= 4 is 22.6 Å². The van der Waals surface area contributed by atoms with E-state index < -0.39 is 5.82 Å². The van der Waals surface area contributed by atoms with Crippen LogP contribution in [0.15, 0.2) is 41.5 Å². The van der Waals surface area contributed by atoms with Gasteiger partial charge in [0, 0.05) is 53.2 Å². The van der Waals surface area contributed by atoms with Gasteiger partial charge in [-0.2, -0.15) is 5.10 Å². The molecule has 35 heavy (non-hydrogen) atoms. The molecule has 1 saturated carbocycles. The van der Waals surface area contributed by atoms with Crippen LogP contribution in [0.5, 0.6) is 0 Å². The molecule has 180 valence electrons. The zero-order valence-corrected chi connectivity index (χ0v) is 20.3. The highest BCUT2D eigenvalue weighted by Gasteiger charge is 2.30. The van der Waals surface area contributed by atoms with E-state index in [0.717, 1.165) is 24.1 Å². The summed E-state index contributed by atoms with van der Waals surface area (Å²) in [6.45, 7) is 2.34. The number of hydrogen-bond donors (Lipinski definition) is 0. The number of aryl methyl sites for hydroxylation is 1. The molecule has 0 spiro atoms. The van der Waals surface area contributed by atoms with Crippen molar-refractivity contribution in [3.8, 4) is 11.1 Å². The summed E-state index contributed by atoms with van der Waals surface area (Å²) in [4.78, 5) is 22.6. The zero-order valence-electron chi connectivity index (χ0n) is 19.5. The minimum absolute atomic E-state index is 0.0719. The molecule has 1 aliphatic heterocycles. The topological polar surface area (TPSA) is 74.8 Å². The normalized spacial score (nSPS) is 20.5. The Hall–Kier alpha value is -3.10. The van der Waals surface area contributed by atoms with Crippen LogP contribution in [0, 0.1) is 12.7 Å². The summed E-state index contributed by atoms with van der Waals surface area (Å²) in [5.41, 5.74) is 2.71. The first-order chi connectivity index (χ1) is 16.9. The lowest BCUT2D eigenvalue weighted by Gasteiger charge is -2.29. The van der Waals surface area contributed by atoms with Crippen LogP contribution in [-0.2, 0) is 11.8 Å². The highest BCUT2D eigenvalue weighted by atomic mass is 35.5. The maximum atomic E-state index is 15.0. The summed E-state index contributed by atoms with van der Waals surface area (Å²) < 4.78 is 24.6. The number of halogens is 2. The predicted molar refractivity (Wildman–Crippen MR) is 131 cm³/mol. The maximum Gasteiger partial charge on any atom is 0.263 e. The summed E-state index contributed by atoms with van der Waals surface area (Å²) in [5, 5.41) is 5.11. The number of aromatic nitrogens is 5. The van der Waals surface area contributed by atoms with Crippen LogP contribution in [0.4, 0.5) is 4.39 Å². The molecule has 2 aliphatic rings. The second-order valence-corrected chi connectivity index (χ2v) is 9.94. The Morgan fingerprint density at radius 3 is 2.74 bits per heavy atom. The molecule has 0 amide bonds. The van der Waals surface area contributed by atoms with E-state index in [9.17, 15) is 4.79 Å². The summed E-state index contributed by atoms with van der Waals surface area (Å²) in [6, 6.07) is 6.85. The Morgan fingerprint density at radius 2 is 1.97 bits per heavy atom. The van der Waals surface area contributed by atoms with Crippen molar-refractivity contribution in [2.45, 2.75) is 50.7 Å². The van der Waals surface area contributed by atoms with Gasteiger partial charge in [-0.3, -0.25) is 14.0 Å². The van der Waals surface area contributed by atoms with Crippen molar-refractivity contribution in [2.24, 2.45) is 7.05 Å². The number of fused-ring (bicyclic) bond motifs is 1. The van der Waals surface area contributed by atoms with Gasteiger partial charge in [0.05, 0.1) is 23.7 Å². The van der Waals surface area contributed by atoms with E-state index in [2.05, 4.69) is 16.3 Å². The summed E-state index contributed by atoms with van der Waals surface area (Å²) in [7, 11) is 1.66. The highest BCUT2D eigenvalue weighted by Crippen LogP contribution is 2.40.